The van der Waals surface area contributed by atoms with Crippen molar-refractivity contribution >= 4 is 17.7 Å². The van der Waals surface area contributed by atoms with Gasteiger partial charge in [0.1, 0.15) is 0 Å². The van der Waals surface area contributed by atoms with Crippen molar-refractivity contribution in [3.8, 4) is 0 Å². The quantitative estimate of drug-likeness (QED) is 0.427. The maximum absolute atomic E-state index is 5.32. The van der Waals surface area contributed by atoms with E-state index in [0.29, 0.717) is 12.5 Å². The van der Waals surface area contributed by atoms with E-state index in [1.165, 1.54) is 11.1 Å². The van der Waals surface area contributed by atoms with Crippen molar-refractivity contribution in [2.45, 2.75) is 39.0 Å². The first-order chi connectivity index (χ1) is 12.1. The van der Waals surface area contributed by atoms with Gasteiger partial charge in [-0.3, -0.25) is 4.99 Å². The number of rotatable bonds is 8. The molecule has 0 aliphatic carbocycles. The van der Waals surface area contributed by atoms with Crippen LogP contribution in [0.3, 0.4) is 0 Å². The number of aromatic nitrogens is 1. The maximum atomic E-state index is 5.32. The minimum absolute atomic E-state index is 0.375. The van der Waals surface area contributed by atoms with Crippen molar-refractivity contribution in [2.75, 3.05) is 19.3 Å². The SMILES string of the molecule is CN=C(NCCSCc1ccc(C)cc1)NCc1cc(C(C)C)no1. The van der Waals surface area contributed by atoms with Crippen LogP contribution >= 0.6 is 11.8 Å². The molecule has 0 amide bonds. The summed E-state index contributed by atoms with van der Waals surface area (Å²) in [5.41, 5.74) is 3.65. The summed E-state index contributed by atoms with van der Waals surface area (Å²) in [7, 11) is 1.77. The molecule has 0 unspecified atom stereocenters. The molecule has 2 aromatic rings. The molecule has 0 bridgehead atoms. The first kappa shape index (κ1) is 19.4. The first-order valence-corrected chi connectivity index (χ1v) is 9.77. The Morgan fingerprint density at radius 2 is 2.00 bits per heavy atom. The monoisotopic (exact) mass is 360 g/mol. The van der Waals surface area contributed by atoms with E-state index in [1.54, 1.807) is 7.05 Å². The van der Waals surface area contributed by atoms with Crippen LogP contribution in [0.5, 0.6) is 0 Å². The second-order valence-corrected chi connectivity index (χ2v) is 7.37. The summed E-state index contributed by atoms with van der Waals surface area (Å²) in [5, 5.41) is 10.6. The van der Waals surface area contributed by atoms with Crippen LogP contribution in [-0.2, 0) is 12.3 Å². The molecule has 0 saturated carbocycles. The van der Waals surface area contributed by atoms with Gasteiger partial charge in [0.15, 0.2) is 11.7 Å². The Hall–Kier alpha value is -1.95. The van der Waals surface area contributed by atoms with Gasteiger partial charge in [0.2, 0.25) is 0 Å². The number of aryl methyl sites for hydroxylation is 1. The molecule has 6 heteroatoms. The largest absolute Gasteiger partial charge is 0.359 e. The summed E-state index contributed by atoms with van der Waals surface area (Å²) in [6, 6.07) is 10.7. The van der Waals surface area contributed by atoms with Gasteiger partial charge in [-0.1, -0.05) is 48.8 Å². The van der Waals surface area contributed by atoms with Gasteiger partial charge in [-0.15, -0.1) is 0 Å². The highest BCUT2D eigenvalue weighted by atomic mass is 32.2. The maximum Gasteiger partial charge on any atom is 0.191 e. The van der Waals surface area contributed by atoms with Gasteiger partial charge < -0.3 is 15.2 Å². The molecule has 2 N–H and O–H groups in total. The van der Waals surface area contributed by atoms with Crippen LogP contribution in [0.15, 0.2) is 39.8 Å². The van der Waals surface area contributed by atoms with Crippen molar-refractivity contribution in [1.29, 1.82) is 0 Å². The molecule has 0 aliphatic heterocycles. The molecule has 0 fully saturated rings. The average Bonchev–Trinajstić information content (AvgIpc) is 3.08. The molecule has 5 nitrogen and oxygen atoms in total. The Bertz CT molecular complexity index is 664. The summed E-state index contributed by atoms with van der Waals surface area (Å²) in [4.78, 5) is 4.23. The minimum Gasteiger partial charge on any atom is -0.359 e. The van der Waals surface area contributed by atoms with Gasteiger partial charge >= 0.3 is 0 Å². The molecule has 0 atom stereocenters. The van der Waals surface area contributed by atoms with Gasteiger partial charge in [0.05, 0.1) is 12.2 Å². The summed E-state index contributed by atoms with van der Waals surface area (Å²) in [6.45, 7) is 7.76. The van der Waals surface area contributed by atoms with E-state index < -0.39 is 0 Å². The highest BCUT2D eigenvalue weighted by Gasteiger charge is 2.08. The topological polar surface area (TPSA) is 62.5 Å². The number of hydrogen-bond donors (Lipinski definition) is 2. The molecule has 0 radical (unpaired) electrons. The predicted molar refractivity (Wildman–Crippen MR) is 106 cm³/mol. The molecule has 0 saturated heterocycles. The Balaban J connectivity index is 1.63. The zero-order valence-electron chi connectivity index (χ0n) is 15.5. The number of nitrogens with one attached hydrogen (secondary N) is 2. The third-order valence-electron chi connectivity index (χ3n) is 3.75. The third-order valence-corrected chi connectivity index (χ3v) is 4.78. The lowest BCUT2D eigenvalue weighted by atomic mass is 10.1. The summed E-state index contributed by atoms with van der Waals surface area (Å²) >= 11 is 1.91. The standard InChI is InChI=1S/C19H28N4OS/c1-14(2)18-11-17(24-23-18)12-22-19(20-4)21-9-10-25-13-16-7-5-15(3)6-8-16/h5-8,11,14H,9-10,12-13H2,1-4H3,(H2,20,21,22). The smallest absolute Gasteiger partial charge is 0.191 e. The number of benzene rings is 1. The van der Waals surface area contributed by atoms with Crippen molar-refractivity contribution in [1.82, 2.24) is 15.8 Å². The second kappa shape index (κ2) is 10.1. The van der Waals surface area contributed by atoms with Gasteiger partial charge in [-0.05, 0) is 18.4 Å². The minimum atomic E-state index is 0.375. The fourth-order valence-electron chi connectivity index (χ4n) is 2.19. The second-order valence-electron chi connectivity index (χ2n) is 6.26. The molecule has 2 rings (SSSR count). The van der Waals surface area contributed by atoms with Crippen molar-refractivity contribution in [3.05, 3.63) is 52.9 Å². The number of thioether (sulfide) groups is 1. The van der Waals surface area contributed by atoms with Gasteiger partial charge in [-0.2, -0.15) is 11.8 Å². The van der Waals surface area contributed by atoms with Crippen molar-refractivity contribution < 1.29 is 4.52 Å². The lowest BCUT2D eigenvalue weighted by molar-refractivity contribution is 0.372. The van der Waals surface area contributed by atoms with E-state index in [0.717, 1.165) is 35.5 Å². The molecule has 0 spiro atoms. The van der Waals surface area contributed by atoms with E-state index in [-0.39, 0.29) is 0 Å². The zero-order chi connectivity index (χ0) is 18.1. The number of nitrogens with zero attached hydrogens (tertiary/aromatic N) is 2. The predicted octanol–water partition coefficient (Wildman–Crippen LogP) is 3.70. The summed E-state index contributed by atoms with van der Waals surface area (Å²) in [5.74, 6) is 4.03. The Kier molecular flexibility index (Phi) is 7.85. The van der Waals surface area contributed by atoms with E-state index in [2.05, 4.69) is 65.8 Å². The first-order valence-electron chi connectivity index (χ1n) is 8.61. The van der Waals surface area contributed by atoms with Crippen LogP contribution in [0.1, 0.15) is 42.3 Å². The molecule has 1 aromatic carbocycles. The van der Waals surface area contributed by atoms with Gasteiger partial charge in [-0.25, -0.2) is 0 Å². The highest BCUT2D eigenvalue weighted by Crippen LogP contribution is 2.14. The van der Waals surface area contributed by atoms with Crippen LogP contribution in [-0.4, -0.2) is 30.5 Å². The van der Waals surface area contributed by atoms with Gasteiger partial charge in [0.25, 0.3) is 0 Å². The van der Waals surface area contributed by atoms with E-state index >= 15 is 0 Å². The molecule has 1 heterocycles. The number of aliphatic imine (C=N–C) groups is 1. The Labute approximate surface area is 154 Å². The summed E-state index contributed by atoms with van der Waals surface area (Å²) < 4.78 is 5.32. The van der Waals surface area contributed by atoms with E-state index in [1.807, 2.05) is 17.8 Å². The lowest BCUT2D eigenvalue weighted by Crippen LogP contribution is -2.37. The van der Waals surface area contributed by atoms with Crippen molar-refractivity contribution in [2.24, 2.45) is 4.99 Å². The average molecular weight is 361 g/mol. The lowest BCUT2D eigenvalue weighted by Gasteiger charge is -2.10. The van der Waals surface area contributed by atoms with Crippen LogP contribution in [0.2, 0.25) is 0 Å². The molecular formula is C19H28N4OS. The Morgan fingerprint density at radius 1 is 1.24 bits per heavy atom. The van der Waals surface area contributed by atoms with Crippen LogP contribution in [0.25, 0.3) is 0 Å². The fourth-order valence-corrected chi connectivity index (χ4v) is 3.01. The number of guanidine groups is 1. The van der Waals surface area contributed by atoms with Crippen LogP contribution in [0, 0.1) is 6.92 Å². The van der Waals surface area contributed by atoms with Gasteiger partial charge in [0, 0.05) is 31.2 Å². The van der Waals surface area contributed by atoms with Crippen molar-refractivity contribution in [3.63, 3.8) is 0 Å². The normalized spacial score (nSPS) is 11.8. The van der Waals surface area contributed by atoms with E-state index in [9.17, 15) is 0 Å². The molecule has 0 aliphatic rings. The fraction of sp³-hybridized carbons (Fsp3) is 0.474. The number of hydrogen-bond acceptors (Lipinski definition) is 4. The highest BCUT2D eigenvalue weighted by molar-refractivity contribution is 7.98. The van der Waals surface area contributed by atoms with E-state index in [4.69, 9.17) is 4.52 Å². The summed E-state index contributed by atoms with van der Waals surface area (Å²) in [6.07, 6.45) is 0. The Morgan fingerprint density at radius 3 is 2.64 bits per heavy atom. The van der Waals surface area contributed by atoms with Crippen LogP contribution < -0.4 is 10.6 Å². The zero-order valence-corrected chi connectivity index (χ0v) is 16.3. The molecule has 136 valence electrons. The molecule has 1 aromatic heterocycles. The third kappa shape index (κ3) is 6.82. The van der Waals surface area contributed by atoms with Crippen LogP contribution in [0.4, 0.5) is 0 Å². The molecular weight excluding hydrogens is 332 g/mol. The molecule has 25 heavy (non-hydrogen) atoms.